The van der Waals surface area contributed by atoms with Gasteiger partial charge in [0.15, 0.2) is 0 Å². The zero-order chi connectivity index (χ0) is 20.4. The maximum atomic E-state index is 12.5. The Kier molecular flexibility index (Phi) is 5.65. The minimum absolute atomic E-state index is 0.0366. The summed E-state index contributed by atoms with van der Waals surface area (Å²) < 4.78 is 41.6. The van der Waals surface area contributed by atoms with Crippen LogP contribution in [-0.4, -0.2) is 29.0 Å². The second kappa shape index (κ2) is 8.20. The molecule has 0 amide bonds. The fourth-order valence-corrected chi connectivity index (χ4v) is 4.00. The van der Waals surface area contributed by atoms with Gasteiger partial charge in [-0.05, 0) is 59.6 Å². The molecule has 1 aliphatic carbocycles. The van der Waals surface area contributed by atoms with Crippen LogP contribution in [0.2, 0.25) is 0 Å². The molecule has 1 aliphatic heterocycles. The quantitative estimate of drug-likeness (QED) is 0.725. The minimum atomic E-state index is -4.68. The summed E-state index contributed by atoms with van der Waals surface area (Å²) in [6.45, 7) is 1.50. The van der Waals surface area contributed by atoms with Crippen molar-refractivity contribution in [3.8, 4) is 5.75 Å². The smallest absolute Gasteiger partial charge is 0.406 e. The third-order valence-corrected chi connectivity index (χ3v) is 5.59. The molecule has 1 fully saturated rings. The van der Waals surface area contributed by atoms with Crippen molar-refractivity contribution in [2.75, 3.05) is 6.54 Å². The second-order valence-electron chi connectivity index (χ2n) is 7.79. The summed E-state index contributed by atoms with van der Waals surface area (Å²) in [7, 11) is 0. The van der Waals surface area contributed by atoms with E-state index in [0.717, 1.165) is 24.1 Å². The first kappa shape index (κ1) is 20.0. The van der Waals surface area contributed by atoms with Gasteiger partial charge in [0.2, 0.25) is 0 Å². The molecule has 3 nitrogen and oxygen atoms in total. The van der Waals surface area contributed by atoms with Gasteiger partial charge < -0.3 is 9.84 Å². The normalized spacial score (nSPS) is 20.4. The van der Waals surface area contributed by atoms with Crippen LogP contribution >= 0.6 is 0 Å². The first-order valence-corrected chi connectivity index (χ1v) is 9.91. The monoisotopic (exact) mass is 403 g/mol. The van der Waals surface area contributed by atoms with Crippen LogP contribution in [0.5, 0.6) is 5.75 Å². The van der Waals surface area contributed by atoms with Crippen LogP contribution in [0.1, 0.15) is 36.0 Å². The number of benzene rings is 2. The molecule has 1 unspecified atom stereocenters. The van der Waals surface area contributed by atoms with Crippen LogP contribution < -0.4 is 4.74 Å². The number of halogens is 3. The van der Waals surface area contributed by atoms with Crippen LogP contribution in [-0.2, 0) is 13.2 Å². The molecule has 2 aromatic carbocycles. The molecule has 0 saturated heterocycles. The van der Waals surface area contributed by atoms with Crippen molar-refractivity contribution in [2.45, 2.75) is 44.8 Å². The summed E-state index contributed by atoms with van der Waals surface area (Å²) in [6.07, 6.45) is 0.909. The Bertz CT molecular complexity index is 872. The molecular weight excluding hydrogens is 379 g/mol. The molecule has 29 heavy (non-hydrogen) atoms. The van der Waals surface area contributed by atoms with Gasteiger partial charge in [0.05, 0.1) is 6.61 Å². The Labute approximate surface area is 168 Å². The molecule has 1 saturated carbocycles. The number of rotatable bonds is 6. The third-order valence-electron chi connectivity index (χ3n) is 5.59. The van der Waals surface area contributed by atoms with Crippen LogP contribution in [0.15, 0.2) is 54.6 Å². The summed E-state index contributed by atoms with van der Waals surface area (Å²) >= 11 is 0. The van der Waals surface area contributed by atoms with Crippen LogP contribution in [0.25, 0.3) is 5.57 Å². The SMILES string of the molecule is OCc1ccc(C2=CC(C3CC3)N(Cc3cccc(OC(F)(F)F)c3)CC2)cc1. The van der Waals surface area contributed by atoms with Crippen molar-refractivity contribution in [3.05, 3.63) is 71.3 Å². The predicted octanol–water partition coefficient (Wildman–Crippen LogP) is 5.15. The average Bonchev–Trinajstić information content (AvgIpc) is 3.53. The summed E-state index contributed by atoms with van der Waals surface area (Å²) in [6, 6.07) is 14.6. The van der Waals surface area contributed by atoms with Crippen molar-refractivity contribution >= 4 is 5.57 Å². The molecule has 0 radical (unpaired) electrons. The van der Waals surface area contributed by atoms with Gasteiger partial charge in [-0.15, -0.1) is 13.2 Å². The highest BCUT2D eigenvalue weighted by atomic mass is 19.4. The van der Waals surface area contributed by atoms with E-state index < -0.39 is 6.36 Å². The molecule has 0 spiro atoms. The number of aliphatic hydroxyl groups is 1. The van der Waals surface area contributed by atoms with E-state index in [9.17, 15) is 18.3 Å². The fourth-order valence-electron chi connectivity index (χ4n) is 4.00. The van der Waals surface area contributed by atoms with Gasteiger partial charge in [-0.25, -0.2) is 0 Å². The number of aliphatic hydroxyl groups excluding tert-OH is 1. The Morgan fingerprint density at radius 3 is 2.45 bits per heavy atom. The lowest BCUT2D eigenvalue weighted by molar-refractivity contribution is -0.274. The Morgan fingerprint density at radius 1 is 1.03 bits per heavy atom. The van der Waals surface area contributed by atoms with Gasteiger partial charge in [-0.1, -0.05) is 42.5 Å². The lowest BCUT2D eigenvalue weighted by Crippen LogP contribution is -2.38. The maximum Gasteiger partial charge on any atom is 0.573 e. The van der Waals surface area contributed by atoms with E-state index >= 15 is 0 Å². The summed E-state index contributed by atoms with van der Waals surface area (Å²) in [5.41, 5.74) is 4.19. The molecule has 0 bridgehead atoms. The summed E-state index contributed by atoms with van der Waals surface area (Å²) in [5.74, 6) is 0.437. The van der Waals surface area contributed by atoms with E-state index in [1.165, 1.54) is 36.1 Å². The van der Waals surface area contributed by atoms with Gasteiger partial charge in [0.1, 0.15) is 5.75 Å². The van der Waals surface area contributed by atoms with Crippen molar-refractivity contribution in [2.24, 2.45) is 5.92 Å². The first-order chi connectivity index (χ1) is 13.9. The fraction of sp³-hybridized carbons (Fsp3) is 0.391. The number of alkyl halides is 3. The van der Waals surface area contributed by atoms with Crippen LogP contribution in [0.3, 0.4) is 0 Å². The maximum absolute atomic E-state index is 12.5. The molecule has 4 rings (SSSR count). The molecule has 1 atom stereocenters. The van der Waals surface area contributed by atoms with E-state index in [-0.39, 0.29) is 12.4 Å². The van der Waals surface area contributed by atoms with Gasteiger partial charge in [0.25, 0.3) is 0 Å². The Hall–Kier alpha value is -2.31. The molecule has 1 N–H and O–H groups in total. The van der Waals surface area contributed by atoms with E-state index in [1.807, 2.05) is 18.2 Å². The number of hydrogen-bond donors (Lipinski definition) is 1. The topological polar surface area (TPSA) is 32.7 Å². The standard InChI is InChI=1S/C23H24F3NO2/c24-23(25,26)29-21-3-1-2-17(12-21)14-27-11-10-20(13-22(27)19-8-9-19)18-6-4-16(15-28)5-7-18/h1-7,12-13,19,22,28H,8-11,14-15H2. The first-order valence-electron chi connectivity index (χ1n) is 9.91. The molecule has 1 heterocycles. The number of nitrogens with zero attached hydrogens (tertiary/aromatic N) is 1. The summed E-state index contributed by atoms with van der Waals surface area (Å²) in [5, 5.41) is 9.23. The largest absolute Gasteiger partial charge is 0.573 e. The van der Waals surface area contributed by atoms with Crippen molar-refractivity contribution in [1.29, 1.82) is 0 Å². The molecule has 2 aromatic rings. The number of hydrogen-bond acceptors (Lipinski definition) is 3. The van der Waals surface area contributed by atoms with E-state index in [1.54, 1.807) is 6.07 Å². The van der Waals surface area contributed by atoms with Crippen molar-refractivity contribution < 1.29 is 23.0 Å². The van der Waals surface area contributed by atoms with E-state index in [4.69, 9.17) is 0 Å². The lowest BCUT2D eigenvalue weighted by Gasteiger charge is -2.35. The zero-order valence-corrected chi connectivity index (χ0v) is 16.0. The zero-order valence-electron chi connectivity index (χ0n) is 16.0. The van der Waals surface area contributed by atoms with Gasteiger partial charge >= 0.3 is 6.36 Å². The van der Waals surface area contributed by atoms with Crippen LogP contribution in [0, 0.1) is 5.92 Å². The minimum Gasteiger partial charge on any atom is -0.406 e. The van der Waals surface area contributed by atoms with Crippen molar-refractivity contribution in [1.82, 2.24) is 4.90 Å². The molecular formula is C23H24F3NO2. The van der Waals surface area contributed by atoms with Gasteiger partial charge in [-0.3, -0.25) is 4.90 Å². The highest BCUT2D eigenvalue weighted by molar-refractivity contribution is 5.67. The van der Waals surface area contributed by atoms with Gasteiger partial charge in [-0.2, -0.15) is 0 Å². The molecule has 2 aliphatic rings. The predicted molar refractivity (Wildman–Crippen MR) is 105 cm³/mol. The van der Waals surface area contributed by atoms with E-state index in [0.29, 0.717) is 18.5 Å². The van der Waals surface area contributed by atoms with Crippen molar-refractivity contribution in [3.63, 3.8) is 0 Å². The Morgan fingerprint density at radius 2 is 1.79 bits per heavy atom. The summed E-state index contributed by atoms with van der Waals surface area (Å²) in [4.78, 5) is 2.36. The second-order valence-corrected chi connectivity index (χ2v) is 7.79. The molecule has 154 valence electrons. The lowest BCUT2D eigenvalue weighted by atomic mass is 9.93. The third kappa shape index (κ3) is 5.19. The molecule has 0 aromatic heterocycles. The highest BCUT2D eigenvalue weighted by Gasteiger charge is 2.36. The van der Waals surface area contributed by atoms with Gasteiger partial charge in [0, 0.05) is 19.1 Å². The van der Waals surface area contributed by atoms with E-state index in [2.05, 4.69) is 27.8 Å². The Balaban J connectivity index is 1.50. The highest BCUT2D eigenvalue weighted by Crippen LogP contribution is 2.40. The van der Waals surface area contributed by atoms with Crippen LogP contribution in [0.4, 0.5) is 13.2 Å². The average molecular weight is 403 g/mol. The molecule has 6 heteroatoms. The number of ether oxygens (including phenoxy) is 1.